The molecule has 0 aliphatic carbocycles. The van der Waals surface area contributed by atoms with E-state index < -0.39 is 0 Å². The lowest BCUT2D eigenvalue weighted by atomic mass is 10.2. The van der Waals surface area contributed by atoms with Gasteiger partial charge < -0.3 is 15.4 Å². The molecule has 2 rings (SSSR count). The van der Waals surface area contributed by atoms with Crippen molar-refractivity contribution >= 4 is 11.6 Å². The molecule has 1 unspecified atom stereocenters. The predicted molar refractivity (Wildman–Crippen MR) is 89.1 cm³/mol. The number of nitrogens with one attached hydrogen (secondary N) is 2. The van der Waals surface area contributed by atoms with Gasteiger partial charge in [0.15, 0.2) is 0 Å². The van der Waals surface area contributed by atoms with Gasteiger partial charge in [0, 0.05) is 6.54 Å². The molecule has 1 atom stereocenters. The zero-order chi connectivity index (χ0) is 15.9. The van der Waals surface area contributed by atoms with Gasteiger partial charge in [0.1, 0.15) is 11.8 Å². The average Bonchev–Trinajstić information content (AvgIpc) is 2.53. The summed E-state index contributed by atoms with van der Waals surface area (Å²) in [5, 5.41) is 6.13. The van der Waals surface area contributed by atoms with Gasteiger partial charge in [0.05, 0.1) is 12.8 Å². The number of benzene rings is 2. The van der Waals surface area contributed by atoms with E-state index in [4.69, 9.17) is 4.74 Å². The van der Waals surface area contributed by atoms with Gasteiger partial charge in [-0.2, -0.15) is 0 Å². The topological polar surface area (TPSA) is 50.4 Å². The van der Waals surface area contributed by atoms with Crippen LogP contribution in [0.3, 0.4) is 0 Å². The highest BCUT2D eigenvalue weighted by molar-refractivity contribution is 5.84. The van der Waals surface area contributed by atoms with E-state index in [0.29, 0.717) is 6.54 Å². The summed E-state index contributed by atoms with van der Waals surface area (Å²) >= 11 is 0. The number of carbonyl (C=O) groups excluding carboxylic acids is 1. The summed E-state index contributed by atoms with van der Waals surface area (Å²) in [6.45, 7) is 4.36. The Balaban J connectivity index is 1.95. The number of hydrogen-bond acceptors (Lipinski definition) is 3. The number of rotatable bonds is 6. The summed E-state index contributed by atoms with van der Waals surface area (Å²) in [5.41, 5.74) is 3.02. The monoisotopic (exact) mass is 298 g/mol. The van der Waals surface area contributed by atoms with E-state index in [1.807, 2.05) is 62.4 Å². The molecule has 0 radical (unpaired) electrons. The van der Waals surface area contributed by atoms with Crippen molar-refractivity contribution < 1.29 is 9.53 Å². The Labute approximate surface area is 131 Å². The first kappa shape index (κ1) is 15.9. The molecule has 0 aliphatic rings. The molecule has 0 saturated carbocycles. The molecule has 22 heavy (non-hydrogen) atoms. The van der Waals surface area contributed by atoms with Crippen LogP contribution in [0.4, 0.5) is 5.69 Å². The molecule has 2 aromatic rings. The lowest BCUT2D eigenvalue weighted by Crippen LogP contribution is -2.37. The molecule has 4 heteroatoms. The normalized spacial score (nSPS) is 11.6. The van der Waals surface area contributed by atoms with E-state index in [2.05, 4.69) is 10.6 Å². The second-order valence-corrected chi connectivity index (χ2v) is 5.27. The number of carbonyl (C=O) groups is 1. The fraction of sp³-hybridized carbons (Fsp3) is 0.278. The molecule has 0 bridgehead atoms. The Morgan fingerprint density at radius 1 is 1.18 bits per heavy atom. The third-order valence-electron chi connectivity index (χ3n) is 3.43. The van der Waals surface area contributed by atoms with Crippen molar-refractivity contribution in [3.8, 4) is 5.75 Å². The van der Waals surface area contributed by atoms with Gasteiger partial charge in [-0.3, -0.25) is 4.79 Å². The van der Waals surface area contributed by atoms with E-state index >= 15 is 0 Å². The first-order valence-corrected chi connectivity index (χ1v) is 7.33. The molecule has 0 spiro atoms. The molecule has 1 amide bonds. The van der Waals surface area contributed by atoms with Crippen LogP contribution in [0.5, 0.6) is 5.75 Å². The van der Waals surface area contributed by atoms with Crippen molar-refractivity contribution in [2.24, 2.45) is 0 Å². The zero-order valence-corrected chi connectivity index (χ0v) is 13.2. The van der Waals surface area contributed by atoms with E-state index in [1.165, 1.54) is 0 Å². The van der Waals surface area contributed by atoms with E-state index in [0.717, 1.165) is 22.6 Å². The molecular weight excluding hydrogens is 276 g/mol. The van der Waals surface area contributed by atoms with Crippen LogP contribution in [-0.2, 0) is 11.3 Å². The number of amides is 1. The largest absolute Gasteiger partial charge is 0.495 e. The van der Waals surface area contributed by atoms with E-state index in [9.17, 15) is 4.79 Å². The lowest BCUT2D eigenvalue weighted by molar-refractivity contribution is -0.121. The molecule has 116 valence electrons. The molecule has 0 saturated heterocycles. The minimum Gasteiger partial charge on any atom is -0.495 e. The number of hydrogen-bond donors (Lipinski definition) is 2. The molecule has 0 heterocycles. The average molecular weight is 298 g/mol. The van der Waals surface area contributed by atoms with Gasteiger partial charge in [-0.05, 0) is 37.1 Å². The maximum Gasteiger partial charge on any atom is 0.242 e. The Kier molecular flexibility index (Phi) is 5.42. The summed E-state index contributed by atoms with van der Waals surface area (Å²) in [5.74, 6) is 0.681. The van der Waals surface area contributed by atoms with Crippen molar-refractivity contribution in [2.45, 2.75) is 26.4 Å². The summed E-state index contributed by atoms with van der Waals surface area (Å²) in [7, 11) is 1.62. The number of methoxy groups -OCH3 is 1. The Morgan fingerprint density at radius 2 is 1.91 bits per heavy atom. The third-order valence-corrected chi connectivity index (χ3v) is 3.43. The van der Waals surface area contributed by atoms with Gasteiger partial charge in [0.2, 0.25) is 5.91 Å². The fourth-order valence-corrected chi connectivity index (χ4v) is 2.17. The minimum absolute atomic E-state index is 0.0487. The first-order valence-electron chi connectivity index (χ1n) is 7.33. The summed E-state index contributed by atoms with van der Waals surface area (Å²) < 4.78 is 5.32. The Hall–Kier alpha value is -2.49. The van der Waals surface area contributed by atoms with Crippen LogP contribution in [0.2, 0.25) is 0 Å². The quantitative estimate of drug-likeness (QED) is 0.861. The highest BCUT2D eigenvalue weighted by Gasteiger charge is 2.14. The molecule has 0 aliphatic heterocycles. The smallest absolute Gasteiger partial charge is 0.242 e. The maximum atomic E-state index is 12.2. The Morgan fingerprint density at radius 3 is 2.59 bits per heavy atom. The van der Waals surface area contributed by atoms with Crippen molar-refractivity contribution in [3.05, 3.63) is 59.7 Å². The first-order chi connectivity index (χ1) is 10.6. The highest BCUT2D eigenvalue weighted by Crippen LogP contribution is 2.25. The molecule has 0 fully saturated rings. The van der Waals surface area contributed by atoms with E-state index in [1.54, 1.807) is 7.11 Å². The van der Waals surface area contributed by atoms with Crippen LogP contribution in [0.1, 0.15) is 18.1 Å². The van der Waals surface area contributed by atoms with Crippen LogP contribution >= 0.6 is 0 Å². The Bertz CT molecular complexity index is 626. The van der Waals surface area contributed by atoms with Crippen molar-refractivity contribution in [1.29, 1.82) is 0 Å². The van der Waals surface area contributed by atoms with Crippen molar-refractivity contribution in [1.82, 2.24) is 5.32 Å². The van der Waals surface area contributed by atoms with Crippen LogP contribution in [-0.4, -0.2) is 19.1 Å². The SMILES string of the molecule is COc1ccc(C)cc1NC(C)C(=O)NCc1ccccc1. The van der Waals surface area contributed by atoms with Gasteiger partial charge in [0.25, 0.3) is 0 Å². The lowest BCUT2D eigenvalue weighted by Gasteiger charge is -2.18. The molecule has 2 N–H and O–H groups in total. The van der Waals surface area contributed by atoms with Crippen LogP contribution in [0.15, 0.2) is 48.5 Å². The zero-order valence-electron chi connectivity index (χ0n) is 13.2. The van der Waals surface area contributed by atoms with Crippen LogP contribution in [0.25, 0.3) is 0 Å². The van der Waals surface area contributed by atoms with Gasteiger partial charge in [-0.25, -0.2) is 0 Å². The standard InChI is InChI=1S/C18H22N2O2/c1-13-9-10-17(22-3)16(11-13)20-14(2)18(21)19-12-15-7-5-4-6-8-15/h4-11,14,20H,12H2,1-3H3,(H,19,21). The number of ether oxygens (including phenoxy) is 1. The highest BCUT2D eigenvalue weighted by atomic mass is 16.5. The second kappa shape index (κ2) is 7.50. The second-order valence-electron chi connectivity index (χ2n) is 5.27. The van der Waals surface area contributed by atoms with E-state index in [-0.39, 0.29) is 11.9 Å². The van der Waals surface area contributed by atoms with Gasteiger partial charge >= 0.3 is 0 Å². The summed E-state index contributed by atoms with van der Waals surface area (Å²) in [6, 6.07) is 15.3. The molecule has 4 nitrogen and oxygen atoms in total. The summed E-state index contributed by atoms with van der Waals surface area (Å²) in [4.78, 5) is 12.2. The van der Waals surface area contributed by atoms with Gasteiger partial charge in [-0.1, -0.05) is 36.4 Å². The summed E-state index contributed by atoms with van der Waals surface area (Å²) in [6.07, 6.45) is 0. The fourth-order valence-electron chi connectivity index (χ4n) is 2.17. The number of aryl methyl sites for hydroxylation is 1. The van der Waals surface area contributed by atoms with Crippen LogP contribution < -0.4 is 15.4 Å². The van der Waals surface area contributed by atoms with Crippen LogP contribution in [0, 0.1) is 6.92 Å². The van der Waals surface area contributed by atoms with Crippen molar-refractivity contribution in [3.63, 3.8) is 0 Å². The van der Waals surface area contributed by atoms with Gasteiger partial charge in [-0.15, -0.1) is 0 Å². The molecular formula is C18H22N2O2. The molecule has 2 aromatic carbocycles. The van der Waals surface area contributed by atoms with Crippen molar-refractivity contribution in [2.75, 3.05) is 12.4 Å². The predicted octanol–water partition coefficient (Wildman–Crippen LogP) is 3.12. The minimum atomic E-state index is -0.348. The third kappa shape index (κ3) is 4.25. The number of anilines is 1. The maximum absolute atomic E-state index is 12.2. The molecule has 0 aromatic heterocycles.